The first-order valence-electron chi connectivity index (χ1n) is 3.45. The maximum atomic E-state index is 9.29. The summed E-state index contributed by atoms with van der Waals surface area (Å²) in [5.74, 6) is 1.03. The number of benzene rings is 1. The fourth-order valence-corrected chi connectivity index (χ4v) is 1.18. The summed E-state index contributed by atoms with van der Waals surface area (Å²) in [4.78, 5) is 0. The van der Waals surface area contributed by atoms with E-state index in [0.29, 0.717) is 5.58 Å². The van der Waals surface area contributed by atoms with Crippen molar-refractivity contribution in [2.45, 2.75) is 6.92 Å². The molecule has 1 heterocycles. The van der Waals surface area contributed by atoms with E-state index in [0.717, 1.165) is 11.1 Å². The molecular weight excluding hydrogens is 140 g/mol. The average Bonchev–Trinajstić information content (AvgIpc) is 2.31. The van der Waals surface area contributed by atoms with E-state index in [1.54, 1.807) is 12.1 Å². The summed E-state index contributed by atoms with van der Waals surface area (Å²) in [7, 11) is 0. The quantitative estimate of drug-likeness (QED) is 0.622. The summed E-state index contributed by atoms with van der Waals surface area (Å²) < 4.78 is 5.25. The lowest BCUT2D eigenvalue weighted by molar-refractivity contribution is 0.461. The second kappa shape index (κ2) is 2.02. The molecule has 2 heteroatoms. The summed E-state index contributed by atoms with van der Waals surface area (Å²) >= 11 is 0. The standard InChI is InChI=1S/C9H8O2/c1-6-5-7-3-2-4-8(10)9(7)11-6/h2-5,10H,1H3. The lowest BCUT2D eigenvalue weighted by atomic mass is 10.2. The molecule has 0 fully saturated rings. The van der Waals surface area contributed by atoms with Crippen molar-refractivity contribution in [3.63, 3.8) is 0 Å². The predicted molar refractivity (Wildman–Crippen MR) is 42.6 cm³/mol. The van der Waals surface area contributed by atoms with Crippen molar-refractivity contribution in [1.82, 2.24) is 0 Å². The van der Waals surface area contributed by atoms with Crippen LogP contribution < -0.4 is 0 Å². The van der Waals surface area contributed by atoms with Gasteiger partial charge < -0.3 is 9.52 Å². The van der Waals surface area contributed by atoms with E-state index >= 15 is 0 Å². The van der Waals surface area contributed by atoms with Gasteiger partial charge in [0.1, 0.15) is 5.76 Å². The number of hydrogen-bond donors (Lipinski definition) is 1. The Hall–Kier alpha value is -1.44. The summed E-state index contributed by atoms with van der Waals surface area (Å²) in [5.41, 5.74) is 0.574. The molecule has 2 nitrogen and oxygen atoms in total. The van der Waals surface area contributed by atoms with Gasteiger partial charge in [-0.1, -0.05) is 12.1 Å². The molecule has 2 aromatic rings. The maximum absolute atomic E-state index is 9.29. The third-order valence-corrected chi connectivity index (χ3v) is 1.65. The highest BCUT2D eigenvalue weighted by Gasteiger charge is 2.02. The van der Waals surface area contributed by atoms with E-state index < -0.39 is 0 Å². The van der Waals surface area contributed by atoms with Crippen LogP contribution in [0.4, 0.5) is 0 Å². The largest absolute Gasteiger partial charge is 0.504 e. The molecule has 0 radical (unpaired) electrons. The maximum Gasteiger partial charge on any atom is 0.175 e. The molecule has 1 aromatic carbocycles. The molecule has 0 saturated heterocycles. The van der Waals surface area contributed by atoms with Crippen molar-refractivity contribution in [3.05, 3.63) is 30.0 Å². The minimum absolute atomic E-state index is 0.204. The average molecular weight is 148 g/mol. The minimum Gasteiger partial charge on any atom is -0.504 e. The second-order valence-electron chi connectivity index (χ2n) is 2.55. The first-order chi connectivity index (χ1) is 5.27. The van der Waals surface area contributed by atoms with Gasteiger partial charge in [-0.25, -0.2) is 0 Å². The van der Waals surface area contributed by atoms with Crippen LogP contribution in [0.25, 0.3) is 11.0 Å². The molecular formula is C9H8O2. The minimum atomic E-state index is 0.204. The van der Waals surface area contributed by atoms with Crippen LogP contribution in [0.1, 0.15) is 5.76 Å². The van der Waals surface area contributed by atoms with E-state index in [2.05, 4.69) is 0 Å². The summed E-state index contributed by atoms with van der Waals surface area (Å²) in [6.07, 6.45) is 0. The van der Waals surface area contributed by atoms with Gasteiger partial charge in [-0.3, -0.25) is 0 Å². The number of aromatic hydroxyl groups is 1. The molecule has 0 spiro atoms. The monoisotopic (exact) mass is 148 g/mol. The van der Waals surface area contributed by atoms with Crippen LogP contribution in [0, 0.1) is 6.92 Å². The van der Waals surface area contributed by atoms with Crippen LogP contribution in [0.5, 0.6) is 5.75 Å². The Labute approximate surface area is 64.1 Å². The number of furan rings is 1. The fraction of sp³-hybridized carbons (Fsp3) is 0.111. The van der Waals surface area contributed by atoms with Crippen molar-refractivity contribution < 1.29 is 9.52 Å². The van der Waals surface area contributed by atoms with Crippen LogP contribution in [0.2, 0.25) is 0 Å². The Bertz CT molecular complexity index is 387. The Morgan fingerprint density at radius 2 is 2.18 bits per heavy atom. The van der Waals surface area contributed by atoms with Crippen LogP contribution >= 0.6 is 0 Å². The number of fused-ring (bicyclic) bond motifs is 1. The predicted octanol–water partition coefficient (Wildman–Crippen LogP) is 2.45. The van der Waals surface area contributed by atoms with Crippen molar-refractivity contribution in [2.75, 3.05) is 0 Å². The zero-order valence-corrected chi connectivity index (χ0v) is 6.16. The SMILES string of the molecule is Cc1cc2cccc(O)c2o1. The highest BCUT2D eigenvalue weighted by atomic mass is 16.4. The Balaban J connectivity index is 2.90. The number of phenolic OH excluding ortho intramolecular Hbond substituents is 1. The van der Waals surface area contributed by atoms with Gasteiger partial charge in [0.15, 0.2) is 11.3 Å². The van der Waals surface area contributed by atoms with Gasteiger partial charge in [-0.15, -0.1) is 0 Å². The summed E-state index contributed by atoms with van der Waals surface area (Å²) in [5, 5.41) is 10.2. The van der Waals surface area contributed by atoms with Gasteiger partial charge in [0, 0.05) is 5.39 Å². The number of rotatable bonds is 0. The lowest BCUT2D eigenvalue weighted by Gasteiger charge is -1.89. The van der Waals surface area contributed by atoms with Gasteiger partial charge in [0.2, 0.25) is 0 Å². The van der Waals surface area contributed by atoms with Gasteiger partial charge >= 0.3 is 0 Å². The summed E-state index contributed by atoms with van der Waals surface area (Å²) in [6.45, 7) is 1.86. The van der Waals surface area contributed by atoms with E-state index in [4.69, 9.17) is 4.42 Å². The normalized spacial score (nSPS) is 10.6. The molecule has 1 N–H and O–H groups in total. The highest BCUT2D eigenvalue weighted by molar-refractivity contribution is 5.83. The fourth-order valence-electron chi connectivity index (χ4n) is 1.18. The van der Waals surface area contributed by atoms with E-state index in [9.17, 15) is 5.11 Å². The molecule has 0 unspecified atom stereocenters. The van der Waals surface area contributed by atoms with Crippen LogP contribution in [-0.2, 0) is 0 Å². The number of aryl methyl sites for hydroxylation is 1. The van der Waals surface area contributed by atoms with Gasteiger partial charge in [-0.05, 0) is 19.1 Å². The van der Waals surface area contributed by atoms with E-state index in [-0.39, 0.29) is 5.75 Å². The van der Waals surface area contributed by atoms with Crippen LogP contribution in [0.15, 0.2) is 28.7 Å². The van der Waals surface area contributed by atoms with Crippen molar-refractivity contribution in [1.29, 1.82) is 0 Å². The van der Waals surface area contributed by atoms with Gasteiger partial charge in [-0.2, -0.15) is 0 Å². The molecule has 1 aromatic heterocycles. The number of para-hydroxylation sites is 1. The van der Waals surface area contributed by atoms with Crippen molar-refractivity contribution in [2.24, 2.45) is 0 Å². The van der Waals surface area contributed by atoms with E-state index in [1.807, 2.05) is 19.1 Å². The summed E-state index contributed by atoms with van der Waals surface area (Å²) in [6, 6.07) is 7.22. The molecule has 56 valence electrons. The molecule has 0 amide bonds. The lowest BCUT2D eigenvalue weighted by Crippen LogP contribution is -1.63. The van der Waals surface area contributed by atoms with Gasteiger partial charge in [0.05, 0.1) is 0 Å². The van der Waals surface area contributed by atoms with Crippen LogP contribution in [-0.4, -0.2) is 5.11 Å². The Morgan fingerprint density at radius 3 is 2.91 bits per heavy atom. The molecule has 0 bridgehead atoms. The zero-order valence-electron chi connectivity index (χ0n) is 6.16. The zero-order chi connectivity index (χ0) is 7.84. The first-order valence-corrected chi connectivity index (χ1v) is 3.45. The first kappa shape index (κ1) is 6.28. The second-order valence-corrected chi connectivity index (χ2v) is 2.55. The molecule has 0 aliphatic carbocycles. The molecule has 0 saturated carbocycles. The van der Waals surface area contributed by atoms with Crippen molar-refractivity contribution >= 4 is 11.0 Å². The number of hydrogen-bond acceptors (Lipinski definition) is 2. The molecule has 11 heavy (non-hydrogen) atoms. The third-order valence-electron chi connectivity index (χ3n) is 1.65. The van der Waals surface area contributed by atoms with E-state index in [1.165, 1.54) is 0 Å². The molecule has 0 atom stereocenters. The molecule has 0 aliphatic rings. The van der Waals surface area contributed by atoms with Crippen LogP contribution in [0.3, 0.4) is 0 Å². The smallest absolute Gasteiger partial charge is 0.175 e. The Kier molecular flexibility index (Phi) is 1.15. The number of phenols is 1. The highest BCUT2D eigenvalue weighted by Crippen LogP contribution is 2.26. The topological polar surface area (TPSA) is 33.4 Å². The Morgan fingerprint density at radius 1 is 1.36 bits per heavy atom. The third kappa shape index (κ3) is 0.871. The van der Waals surface area contributed by atoms with Crippen molar-refractivity contribution in [3.8, 4) is 5.75 Å². The van der Waals surface area contributed by atoms with Gasteiger partial charge in [0.25, 0.3) is 0 Å². The molecule has 2 rings (SSSR count). The molecule has 0 aliphatic heterocycles.